The standard InChI is InChI=1S/C23H21BrO2/c1-16-5-3-4-6-21(16)23(18-9-11-19(24)12-10-18)22(25)15-17-7-13-20(26-2)14-8-17/h3-14,23H,15H2,1-2H3. The Bertz CT molecular complexity index is 883. The predicted octanol–water partition coefficient (Wildman–Crippen LogP) is 5.71. The molecule has 132 valence electrons. The highest BCUT2D eigenvalue weighted by atomic mass is 79.9. The minimum absolute atomic E-state index is 0.187. The lowest BCUT2D eigenvalue weighted by atomic mass is 9.83. The first-order valence-electron chi connectivity index (χ1n) is 8.55. The quantitative estimate of drug-likeness (QED) is 0.521. The smallest absolute Gasteiger partial charge is 0.149 e. The number of rotatable bonds is 6. The van der Waals surface area contributed by atoms with Gasteiger partial charge in [0.25, 0.3) is 0 Å². The highest BCUT2D eigenvalue weighted by Gasteiger charge is 2.24. The molecule has 0 aromatic heterocycles. The summed E-state index contributed by atoms with van der Waals surface area (Å²) < 4.78 is 6.20. The first-order chi connectivity index (χ1) is 12.6. The molecule has 0 N–H and O–H groups in total. The minimum Gasteiger partial charge on any atom is -0.497 e. The lowest BCUT2D eigenvalue weighted by molar-refractivity contribution is -0.119. The van der Waals surface area contributed by atoms with Crippen molar-refractivity contribution in [3.05, 3.63) is 99.5 Å². The Morgan fingerprint density at radius 2 is 1.62 bits per heavy atom. The Morgan fingerprint density at radius 1 is 0.962 bits per heavy atom. The molecule has 3 heteroatoms. The van der Waals surface area contributed by atoms with Crippen LogP contribution in [0.2, 0.25) is 0 Å². The summed E-state index contributed by atoms with van der Waals surface area (Å²) in [5.74, 6) is 0.711. The number of hydrogen-bond acceptors (Lipinski definition) is 2. The summed E-state index contributed by atoms with van der Waals surface area (Å²) in [6, 6.07) is 23.8. The van der Waals surface area contributed by atoms with Gasteiger partial charge in [-0.15, -0.1) is 0 Å². The van der Waals surface area contributed by atoms with E-state index in [-0.39, 0.29) is 11.7 Å². The topological polar surface area (TPSA) is 26.3 Å². The van der Waals surface area contributed by atoms with Crippen LogP contribution in [0, 0.1) is 6.92 Å². The van der Waals surface area contributed by atoms with E-state index in [1.54, 1.807) is 7.11 Å². The zero-order valence-corrected chi connectivity index (χ0v) is 16.5. The lowest BCUT2D eigenvalue weighted by Crippen LogP contribution is -2.17. The number of ether oxygens (including phenoxy) is 1. The van der Waals surface area contributed by atoms with Crippen LogP contribution in [-0.4, -0.2) is 12.9 Å². The van der Waals surface area contributed by atoms with Crippen LogP contribution in [0.15, 0.2) is 77.3 Å². The summed E-state index contributed by atoms with van der Waals surface area (Å²) in [5.41, 5.74) is 4.20. The SMILES string of the molecule is COc1ccc(CC(=O)C(c2ccc(Br)cc2)c2ccccc2C)cc1. The number of ketones is 1. The zero-order chi connectivity index (χ0) is 18.5. The maximum Gasteiger partial charge on any atom is 0.149 e. The molecule has 0 aliphatic carbocycles. The van der Waals surface area contributed by atoms with Crippen LogP contribution >= 0.6 is 15.9 Å². The second-order valence-electron chi connectivity index (χ2n) is 6.33. The summed E-state index contributed by atoms with van der Waals surface area (Å²) in [6.07, 6.45) is 0.388. The second-order valence-corrected chi connectivity index (χ2v) is 7.25. The molecule has 0 radical (unpaired) electrons. The fourth-order valence-electron chi connectivity index (χ4n) is 3.15. The third-order valence-corrected chi connectivity index (χ3v) is 5.09. The molecule has 0 amide bonds. The highest BCUT2D eigenvalue weighted by Crippen LogP contribution is 2.30. The monoisotopic (exact) mass is 408 g/mol. The van der Waals surface area contributed by atoms with Gasteiger partial charge in [-0.3, -0.25) is 4.79 Å². The van der Waals surface area contributed by atoms with Crippen LogP contribution in [-0.2, 0) is 11.2 Å². The van der Waals surface area contributed by atoms with Gasteiger partial charge in [0.05, 0.1) is 13.0 Å². The molecule has 2 nitrogen and oxygen atoms in total. The number of benzene rings is 3. The Balaban J connectivity index is 1.95. The molecule has 1 unspecified atom stereocenters. The van der Waals surface area contributed by atoms with E-state index in [9.17, 15) is 4.79 Å². The Morgan fingerprint density at radius 3 is 2.23 bits per heavy atom. The number of Topliss-reactive ketones (excluding diaryl/α,β-unsaturated/α-hetero) is 1. The van der Waals surface area contributed by atoms with E-state index in [1.165, 1.54) is 0 Å². The van der Waals surface area contributed by atoms with Gasteiger partial charge in [0, 0.05) is 10.9 Å². The van der Waals surface area contributed by atoms with Gasteiger partial charge in [-0.1, -0.05) is 64.5 Å². The van der Waals surface area contributed by atoms with Gasteiger partial charge < -0.3 is 4.74 Å². The first-order valence-corrected chi connectivity index (χ1v) is 9.34. The highest BCUT2D eigenvalue weighted by molar-refractivity contribution is 9.10. The number of carbonyl (C=O) groups excluding carboxylic acids is 1. The van der Waals surface area contributed by atoms with E-state index in [2.05, 4.69) is 28.9 Å². The number of halogens is 1. The van der Waals surface area contributed by atoms with Crippen LogP contribution in [0.25, 0.3) is 0 Å². The average molecular weight is 409 g/mol. The lowest BCUT2D eigenvalue weighted by Gasteiger charge is -2.19. The first kappa shape index (κ1) is 18.4. The molecular weight excluding hydrogens is 388 g/mol. The van der Waals surface area contributed by atoms with Gasteiger partial charge in [0.1, 0.15) is 11.5 Å². The maximum absolute atomic E-state index is 13.3. The van der Waals surface area contributed by atoms with Crippen molar-refractivity contribution >= 4 is 21.7 Å². The minimum atomic E-state index is -0.272. The molecule has 3 aromatic carbocycles. The largest absolute Gasteiger partial charge is 0.497 e. The van der Waals surface area contributed by atoms with Gasteiger partial charge >= 0.3 is 0 Å². The number of methoxy groups -OCH3 is 1. The van der Waals surface area contributed by atoms with E-state index >= 15 is 0 Å². The third-order valence-electron chi connectivity index (χ3n) is 4.56. The van der Waals surface area contributed by atoms with Crippen molar-refractivity contribution in [1.82, 2.24) is 0 Å². The molecule has 0 aliphatic heterocycles. The van der Waals surface area contributed by atoms with Crippen LogP contribution in [0.5, 0.6) is 5.75 Å². The van der Waals surface area contributed by atoms with Crippen LogP contribution in [0.4, 0.5) is 0 Å². The van der Waals surface area contributed by atoms with Crippen molar-refractivity contribution in [2.45, 2.75) is 19.3 Å². The van der Waals surface area contributed by atoms with Crippen molar-refractivity contribution in [3.8, 4) is 5.75 Å². The van der Waals surface area contributed by atoms with Crippen molar-refractivity contribution < 1.29 is 9.53 Å². The normalized spacial score (nSPS) is 11.8. The Labute approximate surface area is 163 Å². The molecule has 0 saturated heterocycles. The van der Waals surface area contributed by atoms with E-state index < -0.39 is 0 Å². The Hall–Kier alpha value is -2.39. The summed E-state index contributed by atoms with van der Waals surface area (Å²) in [6.45, 7) is 2.06. The van der Waals surface area contributed by atoms with E-state index in [4.69, 9.17) is 4.74 Å². The van der Waals surface area contributed by atoms with Gasteiger partial charge in [-0.25, -0.2) is 0 Å². The molecule has 3 aromatic rings. The fourth-order valence-corrected chi connectivity index (χ4v) is 3.42. The van der Waals surface area contributed by atoms with Crippen LogP contribution in [0.3, 0.4) is 0 Å². The maximum atomic E-state index is 13.3. The predicted molar refractivity (Wildman–Crippen MR) is 109 cm³/mol. The molecule has 0 spiro atoms. The summed E-state index contributed by atoms with van der Waals surface area (Å²) >= 11 is 3.47. The zero-order valence-electron chi connectivity index (χ0n) is 14.9. The third kappa shape index (κ3) is 4.23. The number of carbonyl (C=O) groups is 1. The van der Waals surface area contributed by atoms with E-state index in [0.29, 0.717) is 6.42 Å². The summed E-state index contributed by atoms with van der Waals surface area (Å²) in [4.78, 5) is 13.3. The molecule has 0 fully saturated rings. The van der Waals surface area contributed by atoms with Gasteiger partial charge in [-0.05, 0) is 53.4 Å². The molecule has 1 atom stereocenters. The van der Waals surface area contributed by atoms with E-state index in [1.807, 2.05) is 66.7 Å². The van der Waals surface area contributed by atoms with Crippen molar-refractivity contribution in [1.29, 1.82) is 0 Å². The summed E-state index contributed by atoms with van der Waals surface area (Å²) in [7, 11) is 1.64. The molecule has 0 heterocycles. The Kier molecular flexibility index (Phi) is 5.89. The number of hydrogen-bond donors (Lipinski definition) is 0. The van der Waals surface area contributed by atoms with Crippen LogP contribution < -0.4 is 4.74 Å². The molecule has 0 bridgehead atoms. The molecule has 0 aliphatic rings. The van der Waals surface area contributed by atoms with E-state index in [0.717, 1.165) is 32.5 Å². The molecule has 26 heavy (non-hydrogen) atoms. The molecule has 0 saturated carbocycles. The molecular formula is C23H21BrO2. The van der Waals surface area contributed by atoms with Crippen molar-refractivity contribution in [3.63, 3.8) is 0 Å². The number of aryl methyl sites for hydroxylation is 1. The van der Waals surface area contributed by atoms with Crippen molar-refractivity contribution in [2.24, 2.45) is 0 Å². The second kappa shape index (κ2) is 8.33. The van der Waals surface area contributed by atoms with Crippen molar-refractivity contribution in [2.75, 3.05) is 7.11 Å². The molecule has 3 rings (SSSR count). The average Bonchev–Trinajstić information content (AvgIpc) is 2.66. The summed E-state index contributed by atoms with van der Waals surface area (Å²) in [5, 5.41) is 0. The van der Waals surface area contributed by atoms with Gasteiger partial charge in [0.15, 0.2) is 0 Å². The fraction of sp³-hybridized carbons (Fsp3) is 0.174. The van der Waals surface area contributed by atoms with Gasteiger partial charge in [0.2, 0.25) is 0 Å². The van der Waals surface area contributed by atoms with Crippen LogP contribution in [0.1, 0.15) is 28.2 Å². The van der Waals surface area contributed by atoms with Gasteiger partial charge in [-0.2, -0.15) is 0 Å².